The van der Waals surface area contributed by atoms with Gasteiger partial charge < -0.3 is 23.9 Å². The third-order valence-corrected chi connectivity index (χ3v) is 5.82. The smallest absolute Gasteiger partial charge is 0.174 e. The van der Waals surface area contributed by atoms with Crippen molar-refractivity contribution in [3.05, 3.63) is 103 Å². The quantitative estimate of drug-likeness (QED) is 0.447. The minimum absolute atomic E-state index is 0.0977. The van der Waals surface area contributed by atoms with Crippen LogP contribution in [0.15, 0.2) is 89.8 Å². The van der Waals surface area contributed by atoms with Crippen molar-refractivity contribution in [3.8, 4) is 5.75 Å². The van der Waals surface area contributed by atoms with Crippen LogP contribution >= 0.6 is 12.2 Å². The number of nitrogens with zero attached hydrogens (tertiary/aromatic N) is 3. The first-order chi connectivity index (χ1) is 15.2. The van der Waals surface area contributed by atoms with Gasteiger partial charge in [0.2, 0.25) is 0 Å². The predicted molar refractivity (Wildman–Crippen MR) is 123 cm³/mol. The van der Waals surface area contributed by atoms with Crippen LogP contribution in [-0.2, 0) is 6.54 Å². The Labute approximate surface area is 186 Å². The number of benzene rings is 1. The van der Waals surface area contributed by atoms with E-state index in [0.717, 1.165) is 28.6 Å². The van der Waals surface area contributed by atoms with E-state index in [1.807, 2.05) is 60.8 Å². The lowest BCUT2D eigenvalue weighted by Gasteiger charge is -2.29. The molecular weight excluding hydrogens is 408 g/mol. The van der Waals surface area contributed by atoms with E-state index in [2.05, 4.69) is 38.1 Å². The number of furan rings is 1. The first kappa shape index (κ1) is 19.4. The highest BCUT2D eigenvalue weighted by atomic mass is 32.1. The predicted octanol–water partition coefficient (Wildman–Crippen LogP) is 4.71. The van der Waals surface area contributed by atoms with Crippen molar-refractivity contribution in [2.75, 3.05) is 12.0 Å². The van der Waals surface area contributed by atoms with Gasteiger partial charge in [0, 0.05) is 29.8 Å². The van der Waals surface area contributed by atoms with Crippen molar-refractivity contribution < 1.29 is 9.15 Å². The molecule has 0 aliphatic carbocycles. The molecule has 1 aliphatic heterocycles. The summed E-state index contributed by atoms with van der Waals surface area (Å²) in [6.45, 7) is 0.638. The molecule has 0 spiro atoms. The fraction of sp³-hybridized carbons (Fsp3) is 0.167. The first-order valence-corrected chi connectivity index (χ1v) is 10.5. The summed E-state index contributed by atoms with van der Waals surface area (Å²) in [5.41, 5.74) is 3.01. The Morgan fingerprint density at radius 3 is 2.81 bits per heavy atom. The fourth-order valence-electron chi connectivity index (χ4n) is 4.10. The van der Waals surface area contributed by atoms with Crippen LogP contribution in [0.1, 0.15) is 29.2 Å². The van der Waals surface area contributed by atoms with Crippen LogP contribution in [0.25, 0.3) is 0 Å². The Morgan fingerprint density at radius 1 is 1.10 bits per heavy atom. The van der Waals surface area contributed by atoms with E-state index in [0.29, 0.717) is 11.7 Å². The monoisotopic (exact) mass is 430 g/mol. The SMILES string of the molecule is COc1cccc(N2C(=S)NC(c3ccccn3)C2c2cccn2Cc2ccco2)c1. The second-order valence-corrected chi connectivity index (χ2v) is 7.73. The zero-order valence-corrected chi connectivity index (χ0v) is 17.8. The molecule has 1 aromatic carbocycles. The van der Waals surface area contributed by atoms with Gasteiger partial charge in [-0.3, -0.25) is 4.98 Å². The zero-order valence-electron chi connectivity index (χ0n) is 17.0. The van der Waals surface area contributed by atoms with E-state index in [1.165, 1.54) is 0 Å². The van der Waals surface area contributed by atoms with Gasteiger partial charge in [-0.2, -0.15) is 0 Å². The van der Waals surface area contributed by atoms with E-state index in [4.69, 9.17) is 21.4 Å². The maximum atomic E-state index is 5.81. The summed E-state index contributed by atoms with van der Waals surface area (Å²) in [6, 6.07) is 21.8. The Balaban J connectivity index is 1.61. The summed E-state index contributed by atoms with van der Waals surface area (Å²) in [4.78, 5) is 6.77. The van der Waals surface area contributed by atoms with Gasteiger partial charge in [0.05, 0.1) is 31.7 Å². The molecule has 3 aromatic heterocycles. The molecule has 1 N–H and O–H groups in total. The lowest BCUT2D eigenvalue weighted by molar-refractivity contribution is 0.414. The molecule has 6 nitrogen and oxygen atoms in total. The summed E-state index contributed by atoms with van der Waals surface area (Å²) in [5.74, 6) is 1.68. The van der Waals surface area contributed by atoms with Crippen molar-refractivity contribution >= 4 is 23.0 Å². The van der Waals surface area contributed by atoms with Crippen molar-refractivity contribution in [2.45, 2.75) is 18.6 Å². The largest absolute Gasteiger partial charge is 0.497 e. The maximum absolute atomic E-state index is 5.81. The highest BCUT2D eigenvalue weighted by Crippen LogP contribution is 2.42. The molecule has 5 rings (SSSR count). The van der Waals surface area contributed by atoms with Gasteiger partial charge in [0.25, 0.3) is 0 Å². The van der Waals surface area contributed by atoms with Crippen molar-refractivity contribution in [3.63, 3.8) is 0 Å². The molecule has 2 atom stereocenters. The van der Waals surface area contributed by atoms with Gasteiger partial charge in [-0.25, -0.2) is 0 Å². The third-order valence-electron chi connectivity index (χ3n) is 5.50. The molecule has 0 saturated carbocycles. The van der Waals surface area contributed by atoms with E-state index >= 15 is 0 Å². The average Bonchev–Trinajstić information content (AvgIpc) is 3.55. The fourth-order valence-corrected chi connectivity index (χ4v) is 4.45. The van der Waals surface area contributed by atoms with Gasteiger partial charge in [-0.15, -0.1) is 0 Å². The summed E-state index contributed by atoms with van der Waals surface area (Å²) in [7, 11) is 1.67. The summed E-state index contributed by atoms with van der Waals surface area (Å²) in [6.07, 6.45) is 5.58. The van der Waals surface area contributed by atoms with E-state index < -0.39 is 0 Å². The number of thiocarbonyl (C=S) groups is 1. The molecule has 4 heterocycles. The molecule has 1 fully saturated rings. The van der Waals surface area contributed by atoms with Crippen molar-refractivity contribution in [1.29, 1.82) is 0 Å². The highest BCUT2D eigenvalue weighted by molar-refractivity contribution is 7.80. The molecule has 2 unspecified atom stereocenters. The second kappa shape index (κ2) is 8.28. The number of aromatic nitrogens is 2. The van der Waals surface area contributed by atoms with Crippen LogP contribution in [0.4, 0.5) is 5.69 Å². The summed E-state index contributed by atoms with van der Waals surface area (Å²) >= 11 is 5.81. The third kappa shape index (κ3) is 3.68. The Bertz CT molecular complexity index is 1170. The normalized spacial score (nSPS) is 18.2. The van der Waals surface area contributed by atoms with E-state index in [9.17, 15) is 0 Å². The molecule has 0 radical (unpaired) electrons. The Hall–Kier alpha value is -3.58. The van der Waals surface area contributed by atoms with Crippen LogP contribution < -0.4 is 15.0 Å². The number of rotatable bonds is 6. The van der Waals surface area contributed by atoms with Crippen LogP contribution in [0, 0.1) is 0 Å². The topological polar surface area (TPSA) is 55.5 Å². The van der Waals surface area contributed by atoms with Crippen LogP contribution in [0.5, 0.6) is 5.75 Å². The van der Waals surface area contributed by atoms with Crippen molar-refractivity contribution in [2.24, 2.45) is 0 Å². The number of anilines is 1. The molecule has 7 heteroatoms. The summed E-state index contributed by atoms with van der Waals surface area (Å²) in [5, 5.41) is 4.15. The zero-order chi connectivity index (χ0) is 21.2. The molecule has 1 aliphatic rings. The van der Waals surface area contributed by atoms with Gasteiger partial charge in [-0.1, -0.05) is 12.1 Å². The second-order valence-electron chi connectivity index (χ2n) is 7.34. The molecule has 1 saturated heterocycles. The molecule has 4 aromatic rings. The van der Waals surface area contributed by atoms with Gasteiger partial charge >= 0.3 is 0 Å². The number of ether oxygens (including phenoxy) is 1. The van der Waals surface area contributed by atoms with E-state index in [-0.39, 0.29) is 12.1 Å². The van der Waals surface area contributed by atoms with Crippen LogP contribution in [-0.4, -0.2) is 21.8 Å². The van der Waals surface area contributed by atoms with Gasteiger partial charge in [0.1, 0.15) is 17.6 Å². The molecule has 0 amide bonds. The molecule has 0 bridgehead atoms. The minimum Gasteiger partial charge on any atom is -0.497 e. The molecular formula is C24H22N4O2S. The number of hydrogen-bond donors (Lipinski definition) is 1. The molecule has 31 heavy (non-hydrogen) atoms. The standard InChI is InChI=1S/C24H22N4O2S/c1-29-18-8-4-7-17(15-18)28-23(22(26-24(28)31)20-10-2-3-12-25-20)21-11-5-13-27(21)16-19-9-6-14-30-19/h2-15,22-23H,16H2,1H3,(H,26,31). The Morgan fingerprint density at radius 2 is 2.03 bits per heavy atom. The minimum atomic E-state index is -0.106. The average molecular weight is 431 g/mol. The number of methoxy groups -OCH3 is 1. The van der Waals surface area contributed by atoms with Crippen molar-refractivity contribution in [1.82, 2.24) is 14.9 Å². The highest BCUT2D eigenvalue weighted by Gasteiger charge is 2.42. The number of pyridine rings is 1. The summed E-state index contributed by atoms with van der Waals surface area (Å²) < 4.78 is 13.3. The Kier molecular flexibility index (Phi) is 5.18. The first-order valence-electron chi connectivity index (χ1n) is 10.1. The van der Waals surface area contributed by atoms with Gasteiger partial charge in [-0.05, 0) is 60.7 Å². The molecule has 156 valence electrons. The number of nitrogens with one attached hydrogen (secondary N) is 1. The van der Waals surface area contributed by atoms with Crippen LogP contribution in [0.2, 0.25) is 0 Å². The van der Waals surface area contributed by atoms with Gasteiger partial charge in [0.15, 0.2) is 5.11 Å². The number of hydrogen-bond acceptors (Lipinski definition) is 4. The van der Waals surface area contributed by atoms with Crippen LogP contribution in [0.3, 0.4) is 0 Å². The van der Waals surface area contributed by atoms with E-state index in [1.54, 1.807) is 13.4 Å². The maximum Gasteiger partial charge on any atom is 0.174 e. The lowest BCUT2D eigenvalue weighted by Crippen LogP contribution is -2.30. The lowest BCUT2D eigenvalue weighted by atomic mass is 10.0.